The van der Waals surface area contributed by atoms with E-state index in [1.165, 1.54) is 23.9 Å². The summed E-state index contributed by atoms with van der Waals surface area (Å²) in [5, 5.41) is 7.53. The molecule has 18 heavy (non-hydrogen) atoms. The molecule has 1 aromatic rings. The van der Waals surface area contributed by atoms with Crippen molar-refractivity contribution in [3.63, 3.8) is 0 Å². The van der Waals surface area contributed by atoms with Crippen molar-refractivity contribution in [2.45, 2.75) is 46.1 Å². The Balaban J connectivity index is 2.09. The summed E-state index contributed by atoms with van der Waals surface area (Å²) in [5.74, 6) is 0. The lowest BCUT2D eigenvalue weighted by Crippen LogP contribution is -2.34. The van der Waals surface area contributed by atoms with Crippen molar-refractivity contribution in [3.05, 3.63) is 21.0 Å². The number of aromatic nitrogens is 2. The van der Waals surface area contributed by atoms with Gasteiger partial charge in [-0.05, 0) is 40.6 Å². The molecule has 0 aromatic carbocycles. The monoisotopic (exact) mass is 313 g/mol. The second kappa shape index (κ2) is 5.43. The Hall–Kier alpha value is -0.840. The van der Waals surface area contributed by atoms with Gasteiger partial charge in [0.25, 0.3) is 5.56 Å². The van der Waals surface area contributed by atoms with Gasteiger partial charge in [0.15, 0.2) is 0 Å². The Kier molecular flexibility index (Phi) is 4.10. The molecule has 0 unspecified atom stereocenters. The van der Waals surface area contributed by atoms with Crippen LogP contribution in [0.2, 0.25) is 0 Å². The molecular formula is C13H20BrN3O. The van der Waals surface area contributed by atoms with Crippen molar-refractivity contribution >= 4 is 21.6 Å². The fourth-order valence-corrected chi connectivity index (χ4v) is 2.67. The molecule has 0 atom stereocenters. The molecule has 1 heterocycles. The molecule has 100 valence electrons. The molecule has 0 aliphatic heterocycles. The van der Waals surface area contributed by atoms with Crippen LogP contribution < -0.4 is 10.9 Å². The van der Waals surface area contributed by atoms with E-state index >= 15 is 0 Å². The smallest absolute Gasteiger partial charge is 0.283 e. The zero-order valence-electron chi connectivity index (χ0n) is 11.0. The number of anilines is 1. The van der Waals surface area contributed by atoms with E-state index in [2.05, 4.69) is 33.3 Å². The average Bonchev–Trinajstić information content (AvgIpc) is 2.32. The molecule has 0 amide bonds. The van der Waals surface area contributed by atoms with Gasteiger partial charge in [-0.3, -0.25) is 4.79 Å². The minimum atomic E-state index is -0.0550. The molecule has 1 aliphatic rings. The van der Waals surface area contributed by atoms with Crippen LogP contribution in [0.15, 0.2) is 15.5 Å². The predicted octanol–water partition coefficient (Wildman–Crippen LogP) is 3.02. The third kappa shape index (κ3) is 2.76. The minimum Gasteiger partial charge on any atom is -0.382 e. The van der Waals surface area contributed by atoms with E-state index in [0.29, 0.717) is 16.4 Å². The van der Waals surface area contributed by atoms with Crippen LogP contribution in [0.5, 0.6) is 0 Å². The largest absolute Gasteiger partial charge is 0.382 e. The summed E-state index contributed by atoms with van der Waals surface area (Å²) in [6, 6.07) is 0. The van der Waals surface area contributed by atoms with Crippen molar-refractivity contribution in [2.24, 2.45) is 5.41 Å². The number of rotatable bonds is 5. The number of nitrogens with zero attached hydrogens (tertiary/aromatic N) is 2. The minimum absolute atomic E-state index is 0.0550. The van der Waals surface area contributed by atoms with Crippen molar-refractivity contribution in [1.82, 2.24) is 9.78 Å². The van der Waals surface area contributed by atoms with Gasteiger partial charge in [0.1, 0.15) is 4.47 Å². The molecule has 1 N–H and O–H groups in total. The maximum atomic E-state index is 12.0. The number of nitrogens with one attached hydrogen (secondary N) is 1. The SMILES string of the molecule is CCCn1ncc(NCC2(C)CCC2)c(Br)c1=O. The van der Waals surface area contributed by atoms with Gasteiger partial charge in [0, 0.05) is 13.1 Å². The van der Waals surface area contributed by atoms with Gasteiger partial charge in [0.05, 0.1) is 11.9 Å². The Morgan fingerprint density at radius 1 is 1.56 bits per heavy atom. The summed E-state index contributed by atoms with van der Waals surface area (Å²) in [7, 11) is 0. The number of hydrogen-bond donors (Lipinski definition) is 1. The summed E-state index contributed by atoms with van der Waals surface area (Å²) < 4.78 is 2.09. The molecule has 0 saturated heterocycles. The van der Waals surface area contributed by atoms with Crippen molar-refractivity contribution in [2.75, 3.05) is 11.9 Å². The van der Waals surface area contributed by atoms with Crippen LogP contribution in [-0.4, -0.2) is 16.3 Å². The lowest BCUT2D eigenvalue weighted by Gasteiger charge is -2.38. The predicted molar refractivity (Wildman–Crippen MR) is 76.9 cm³/mol. The van der Waals surface area contributed by atoms with E-state index in [0.717, 1.165) is 18.7 Å². The third-order valence-electron chi connectivity index (χ3n) is 3.69. The number of aryl methyl sites for hydroxylation is 1. The van der Waals surface area contributed by atoms with E-state index in [9.17, 15) is 4.79 Å². The standard InChI is InChI=1S/C13H20BrN3O/c1-3-7-17-12(18)11(14)10(8-16-17)15-9-13(2)5-4-6-13/h8,15H,3-7,9H2,1-2H3. The second-order valence-corrected chi connectivity index (χ2v) is 6.21. The maximum Gasteiger partial charge on any atom is 0.283 e. The Morgan fingerprint density at radius 2 is 2.28 bits per heavy atom. The van der Waals surface area contributed by atoms with E-state index in [1.807, 2.05) is 6.92 Å². The van der Waals surface area contributed by atoms with Gasteiger partial charge in [0.2, 0.25) is 0 Å². The molecule has 0 radical (unpaired) electrons. The summed E-state index contributed by atoms with van der Waals surface area (Å²) in [6.07, 6.45) is 6.49. The Bertz CT molecular complexity index is 480. The van der Waals surface area contributed by atoms with Gasteiger partial charge in [-0.1, -0.05) is 20.3 Å². The van der Waals surface area contributed by atoms with Crippen LogP contribution in [-0.2, 0) is 6.54 Å². The van der Waals surface area contributed by atoms with Crippen molar-refractivity contribution in [1.29, 1.82) is 0 Å². The van der Waals surface area contributed by atoms with Gasteiger partial charge in [-0.15, -0.1) is 0 Å². The molecule has 0 spiro atoms. The Labute approximate surface area is 116 Å². The highest BCUT2D eigenvalue weighted by Crippen LogP contribution is 2.40. The van der Waals surface area contributed by atoms with Crippen LogP contribution in [0.25, 0.3) is 0 Å². The fraction of sp³-hybridized carbons (Fsp3) is 0.692. The number of hydrogen-bond acceptors (Lipinski definition) is 3. The lowest BCUT2D eigenvalue weighted by molar-refractivity contribution is 0.180. The second-order valence-electron chi connectivity index (χ2n) is 5.42. The van der Waals surface area contributed by atoms with E-state index in [-0.39, 0.29) is 5.56 Å². The van der Waals surface area contributed by atoms with Crippen LogP contribution >= 0.6 is 15.9 Å². The maximum absolute atomic E-state index is 12.0. The summed E-state index contributed by atoms with van der Waals surface area (Å²) in [6.45, 7) is 5.88. The first kappa shape index (κ1) is 13.6. The van der Waals surface area contributed by atoms with Gasteiger partial charge in [-0.25, -0.2) is 4.68 Å². The highest BCUT2D eigenvalue weighted by molar-refractivity contribution is 9.10. The average molecular weight is 314 g/mol. The third-order valence-corrected chi connectivity index (χ3v) is 4.45. The lowest BCUT2D eigenvalue weighted by atomic mass is 9.70. The first-order valence-corrected chi connectivity index (χ1v) is 7.34. The van der Waals surface area contributed by atoms with Crippen LogP contribution in [0.3, 0.4) is 0 Å². The summed E-state index contributed by atoms with van der Waals surface area (Å²) in [5.41, 5.74) is 1.14. The van der Waals surface area contributed by atoms with Gasteiger partial charge < -0.3 is 5.32 Å². The molecule has 2 rings (SSSR count). The molecule has 1 aliphatic carbocycles. The van der Waals surface area contributed by atoms with Crippen LogP contribution in [0.1, 0.15) is 39.5 Å². The molecule has 0 bridgehead atoms. The van der Waals surface area contributed by atoms with Gasteiger partial charge >= 0.3 is 0 Å². The first-order chi connectivity index (χ1) is 8.56. The van der Waals surface area contributed by atoms with Crippen LogP contribution in [0.4, 0.5) is 5.69 Å². The molecule has 4 nitrogen and oxygen atoms in total. The Morgan fingerprint density at radius 3 is 2.83 bits per heavy atom. The fourth-order valence-electron chi connectivity index (χ4n) is 2.23. The highest BCUT2D eigenvalue weighted by Gasteiger charge is 2.31. The zero-order valence-corrected chi connectivity index (χ0v) is 12.6. The van der Waals surface area contributed by atoms with Crippen molar-refractivity contribution < 1.29 is 0 Å². The normalized spacial score (nSPS) is 17.3. The van der Waals surface area contributed by atoms with E-state index in [1.54, 1.807) is 6.20 Å². The summed E-state index contributed by atoms with van der Waals surface area (Å²) in [4.78, 5) is 12.0. The van der Waals surface area contributed by atoms with Gasteiger partial charge in [-0.2, -0.15) is 5.10 Å². The molecule has 1 saturated carbocycles. The number of halogens is 1. The highest BCUT2D eigenvalue weighted by atomic mass is 79.9. The molecule has 1 fully saturated rings. The van der Waals surface area contributed by atoms with E-state index in [4.69, 9.17) is 0 Å². The molecular weight excluding hydrogens is 294 g/mol. The molecule has 1 aromatic heterocycles. The topological polar surface area (TPSA) is 46.9 Å². The quantitative estimate of drug-likeness (QED) is 0.909. The van der Waals surface area contributed by atoms with E-state index < -0.39 is 0 Å². The summed E-state index contributed by atoms with van der Waals surface area (Å²) >= 11 is 3.37. The first-order valence-electron chi connectivity index (χ1n) is 6.55. The van der Waals surface area contributed by atoms with Crippen molar-refractivity contribution in [3.8, 4) is 0 Å². The molecule has 5 heteroatoms. The zero-order chi connectivity index (χ0) is 13.2. The van der Waals surface area contributed by atoms with Crippen LogP contribution in [0, 0.1) is 5.41 Å².